The minimum absolute atomic E-state index is 0.103. The predicted octanol–water partition coefficient (Wildman–Crippen LogP) is 1.89. The summed E-state index contributed by atoms with van der Waals surface area (Å²) >= 11 is 0. The van der Waals surface area contributed by atoms with Crippen molar-refractivity contribution in [3.8, 4) is 0 Å². The van der Waals surface area contributed by atoms with Crippen LogP contribution in [0.1, 0.15) is 47.0 Å². The van der Waals surface area contributed by atoms with E-state index >= 15 is 0 Å². The first-order valence-electron chi connectivity index (χ1n) is 7.68. The molecule has 0 aromatic carbocycles. The summed E-state index contributed by atoms with van der Waals surface area (Å²) in [4.78, 5) is 12.3. The molecular formula is C15H29NO4. The first-order valence-corrected chi connectivity index (χ1v) is 7.68. The quantitative estimate of drug-likeness (QED) is 0.518. The van der Waals surface area contributed by atoms with Crippen molar-refractivity contribution in [2.75, 3.05) is 26.4 Å². The van der Waals surface area contributed by atoms with E-state index in [4.69, 9.17) is 14.2 Å². The lowest BCUT2D eigenvalue weighted by atomic mass is 9.96. The van der Waals surface area contributed by atoms with Crippen LogP contribution in [0.5, 0.6) is 0 Å². The maximum Gasteiger partial charge on any atom is 0.326 e. The Morgan fingerprint density at radius 1 is 1.30 bits per heavy atom. The summed E-state index contributed by atoms with van der Waals surface area (Å²) in [6, 6.07) is 0.238. The third kappa shape index (κ3) is 5.04. The van der Waals surface area contributed by atoms with Crippen LogP contribution in [0.4, 0.5) is 0 Å². The first kappa shape index (κ1) is 17.4. The molecule has 0 aromatic rings. The molecule has 118 valence electrons. The van der Waals surface area contributed by atoms with Gasteiger partial charge in [-0.15, -0.1) is 0 Å². The Morgan fingerprint density at radius 3 is 2.65 bits per heavy atom. The first-order chi connectivity index (χ1) is 9.54. The van der Waals surface area contributed by atoms with Crippen LogP contribution in [0.3, 0.4) is 0 Å². The largest absolute Gasteiger partial charge is 0.465 e. The van der Waals surface area contributed by atoms with Crippen LogP contribution in [-0.2, 0) is 19.0 Å². The number of nitrogens with one attached hydrogen (secondary N) is 1. The van der Waals surface area contributed by atoms with E-state index in [2.05, 4.69) is 5.32 Å². The third-order valence-corrected chi connectivity index (χ3v) is 3.49. The molecule has 20 heavy (non-hydrogen) atoms. The number of hydrogen-bond donors (Lipinski definition) is 1. The lowest BCUT2D eigenvalue weighted by Gasteiger charge is -2.30. The monoisotopic (exact) mass is 287 g/mol. The summed E-state index contributed by atoms with van der Waals surface area (Å²) in [7, 11) is 0. The maximum absolute atomic E-state index is 12.3. The van der Waals surface area contributed by atoms with Gasteiger partial charge in [0.2, 0.25) is 0 Å². The molecule has 0 saturated heterocycles. The third-order valence-electron chi connectivity index (χ3n) is 3.49. The van der Waals surface area contributed by atoms with Gasteiger partial charge in [0.1, 0.15) is 5.54 Å². The molecule has 1 fully saturated rings. The number of carbonyl (C=O) groups excluding carboxylic acids is 1. The summed E-state index contributed by atoms with van der Waals surface area (Å²) in [5.74, 6) is -0.149. The topological polar surface area (TPSA) is 56.8 Å². The van der Waals surface area contributed by atoms with E-state index < -0.39 is 5.54 Å². The van der Waals surface area contributed by atoms with Crippen molar-refractivity contribution in [1.29, 1.82) is 0 Å². The van der Waals surface area contributed by atoms with Crippen molar-refractivity contribution >= 4 is 5.97 Å². The molecule has 2 unspecified atom stereocenters. The minimum Gasteiger partial charge on any atom is -0.465 e. The van der Waals surface area contributed by atoms with E-state index in [1.54, 1.807) is 0 Å². The van der Waals surface area contributed by atoms with Crippen LogP contribution in [-0.4, -0.2) is 50.1 Å². The van der Waals surface area contributed by atoms with Gasteiger partial charge in [-0.05, 0) is 40.5 Å². The average Bonchev–Trinajstić information content (AvgIpc) is 2.79. The highest BCUT2D eigenvalue weighted by atomic mass is 16.5. The maximum atomic E-state index is 12.3. The second-order valence-corrected chi connectivity index (χ2v) is 5.53. The lowest BCUT2D eigenvalue weighted by molar-refractivity contribution is -0.151. The molecule has 0 spiro atoms. The Labute approximate surface area is 122 Å². The van der Waals surface area contributed by atoms with Gasteiger partial charge in [0.05, 0.1) is 25.9 Å². The smallest absolute Gasteiger partial charge is 0.326 e. The Hall–Kier alpha value is -0.650. The predicted molar refractivity (Wildman–Crippen MR) is 77.7 cm³/mol. The molecule has 0 bridgehead atoms. The van der Waals surface area contributed by atoms with Crippen molar-refractivity contribution in [2.24, 2.45) is 0 Å². The fourth-order valence-corrected chi connectivity index (χ4v) is 2.76. The number of carbonyl (C=O) groups is 1. The van der Waals surface area contributed by atoms with Crippen LogP contribution in [0.15, 0.2) is 0 Å². The van der Waals surface area contributed by atoms with E-state index in [9.17, 15) is 4.79 Å². The highest BCUT2D eigenvalue weighted by molar-refractivity contribution is 5.81. The highest BCUT2D eigenvalue weighted by Gasteiger charge is 2.47. The van der Waals surface area contributed by atoms with E-state index in [1.165, 1.54) is 0 Å². The van der Waals surface area contributed by atoms with Gasteiger partial charge in [-0.3, -0.25) is 10.1 Å². The number of rotatable bonds is 9. The zero-order valence-corrected chi connectivity index (χ0v) is 13.2. The summed E-state index contributed by atoms with van der Waals surface area (Å²) < 4.78 is 16.3. The van der Waals surface area contributed by atoms with Crippen molar-refractivity contribution in [3.05, 3.63) is 0 Å². The summed E-state index contributed by atoms with van der Waals surface area (Å²) in [5.41, 5.74) is -0.583. The van der Waals surface area contributed by atoms with E-state index in [0.717, 1.165) is 12.8 Å². The van der Waals surface area contributed by atoms with Gasteiger partial charge >= 0.3 is 5.97 Å². The van der Waals surface area contributed by atoms with Gasteiger partial charge in [-0.1, -0.05) is 0 Å². The average molecular weight is 287 g/mol. The molecule has 0 aliphatic heterocycles. The zero-order valence-electron chi connectivity index (χ0n) is 13.2. The molecule has 0 aromatic heterocycles. The van der Waals surface area contributed by atoms with Crippen molar-refractivity contribution in [1.82, 2.24) is 5.32 Å². The number of hydrogen-bond acceptors (Lipinski definition) is 5. The van der Waals surface area contributed by atoms with Crippen molar-refractivity contribution < 1.29 is 19.0 Å². The molecule has 1 aliphatic rings. The molecule has 0 radical (unpaired) electrons. The van der Waals surface area contributed by atoms with Crippen LogP contribution in [0.25, 0.3) is 0 Å². The van der Waals surface area contributed by atoms with Gasteiger partial charge in [0.25, 0.3) is 0 Å². The summed E-state index contributed by atoms with van der Waals surface area (Å²) in [5, 5.41) is 3.39. The van der Waals surface area contributed by atoms with Gasteiger partial charge in [-0.25, -0.2) is 0 Å². The number of esters is 1. The van der Waals surface area contributed by atoms with Crippen LogP contribution in [0, 0.1) is 0 Å². The molecular weight excluding hydrogens is 258 g/mol. The standard InChI is InChI=1S/C15H29NO4/c1-5-18-9-10-20-13-7-8-15(11-13,16-12(3)4)14(17)19-6-2/h12-13,16H,5-11H2,1-4H3. The molecule has 1 saturated carbocycles. The SMILES string of the molecule is CCOCCOC1CCC(NC(C)C)(C(=O)OCC)C1. The molecule has 0 heterocycles. The van der Waals surface area contributed by atoms with Crippen LogP contribution >= 0.6 is 0 Å². The fourth-order valence-electron chi connectivity index (χ4n) is 2.76. The Kier molecular flexibility index (Phi) is 7.48. The molecule has 1 rings (SSSR count). The van der Waals surface area contributed by atoms with Gasteiger partial charge in [0.15, 0.2) is 0 Å². The minimum atomic E-state index is -0.583. The summed E-state index contributed by atoms with van der Waals surface area (Å²) in [6.45, 7) is 10.2. The Morgan fingerprint density at radius 2 is 2.05 bits per heavy atom. The zero-order chi connectivity index (χ0) is 15.0. The van der Waals surface area contributed by atoms with E-state index in [1.807, 2.05) is 27.7 Å². The van der Waals surface area contributed by atoms with Crippen molar-refractivity contribution in [3.63, 3.8) is 0 Å². The van der Waals surface area contributed by atoms with Gasteiger partial charge < -0.3 is 14.2 Å². The number of ether oxygens (including phenoxy) is 3. The Bertz CT molecular complexity index is 296. The van der Waals surface area contributed by atoms with Crippen LogP contribution < -0.4 is 5.32 Å². The Balaban J connectivity index is 2.53. The van der Waals surface area contributed by atoms with Gasteiger partial charge in [-0.2, -0.15) is 0 Å². The molecule has 5 heteroatoms. The normalized spacial score (nSPS) is 26.1. The summed E-state index contributed by atoms with van der Waals surface area (Å²) in [6.07, 6.45) is 2.43. The van der Waals surface area contributed by atoms with E-state index in [0.29, 0.717) is 32.8 Å². The highest BCUT2D eigenvalue weighted by Crippen LogP contribution is 2.33. The van der Waals surface area contributed by atoms with Crippen LogP contribution in [0.2, 0.25) is 0 Å². The molecule has 1 N–H and O–H groups in total. The van der Waals surface area contributed by atoms with E-state index in [-0.39, 0.29) is 18.1 Å². The second-order valence-electron chi connectivity index (χ2n) is 5.53. The molecule has 1 aliphatic carbocycles. The van der Waals surface area contributed by atoms with Gasteiger partial charge in [0, 0.05) is 19.1 Å². The molecule has 0 amide bonds. The lowest BCUT2D eigenvalue weighted by Crippen LogP contribution is -2.54. The second kappa shape index (κ2) is 8.60. The molecule has 5 nitrogen and oxygen atoms in total. The van der Waals surface area contributed by atoms with Crippen molar-refractivity contribution in [2.45, 2.75) is 64.6 Å². The fraction of sp³-hybridized carbons (Fsp3) is 0.933. The molecule has 2 atom stereocenters.